The van der Waals surface area contributed by atoms with Gasteiger partial charge >= 0.3 is 0 Å². The van der Waals surface area contributed by atoms with Crippen molar-refractivity contribution in [3.05, 3.63) is 34.4 Å². The van der Waals surface area contributed by atoms with Gasteiger partial charge in [0, 0.05) is 30.7 Å². The van der Waals surface area contributed by atoms with Crippen LogP contribution in [-0.2, 0) is 9.59 Å². The van der Waals surface area contributed by atoms with Gasteiger partial charge in [0.05, 0.1) is 31.1 Å². The average Bonchev–Trinajstić information content (AvgIpc) is 2.87. The number of quaternary nitrogens is 1. The number of piperazine rings is 1. The number of hydrogen-bond acceptors (Lipinski definition) is 5. The molecule has 0 aromatic heterocycles. The van der Waals surface area contributed by atoms with E-state index in [1.54, 1.807) is 12.1 Å². The van der Waals surface area contributed by atoms with Crippen LogP contribution in [0.25, 0.3) is 0 Å². The van der Waals surface area contributed by atoms with Crippen molar-refractivity contribution in [3.8, 4) is 0 Å². The van der Waals surface area contributed by atoms with E-state index < -0.39 is 4.92 Å². The largest absolute Gasteiger partial charge is 0.360 e. The van der Waals surface area contributed by atoms with Crippen LogP contribution in [0.4, 0.5) is 11.4 Å². The zero-order valence-corrected chi connectivity index (χ0v) is 12.7. The molecule has 0 radical (unpaired) electrons. The number of rotatable bonds is 4. The van der Waals surface area contributed by atoms with E-state index >= 15 is 0 Å². The normalized spacial score (nSPS) is 19.5. The monoisotopic (exact) mass is 319 g/mol. The Labute approximate surface area is 133 Å². The van der Waals surface area contributed by atoms with Crippen LogP contribution in [0.5, 0.6) is 0 Å². The summed E-state index contributed by atoms with van der Waals surface area (Å²) in [6.07, 6.45) is 0.669. The fraction of sp³-hybridized carbons (Fsp3) is 0.467. The Morgan fingerprint density at radius 2 is 1.61 bits per heavy atom. The third kappa shape index (κ3) is 3.31. The molecular formula is C15H19N4O4+. The van der Waals surface area contributed by atoms with Crippen molar-refractivity contribution < 1.29 is 19.4 Å². The lowest BCUT2D eigenvalue weighted by atomic mass is 10.2. The van der Waals surface area contributed by atoms with Crippen molar-refractivity contribution in [3.63, 3.8) is 0 Å². The van der Waals surface area contributed by atoms with E-state index in [1.165, 1.54) is 21.9 Å². The predicted octanol–water partition coefficient (Wildman–Crippen LogP) is -0.594. The molecule has 0 bridgehead atoms. The molecule has 0 unspecified atom stereocenters. The number of nitrogens with one attached hydrogen (secondary N) is 1. The summed E-state index contributed by atoms with van der Waals surface area (Å²) in [5.74, 6) is -0.138. The maximum atomic E-state index is 11.7. The first-order valence-corrected chi connectivity index (χ1v) is 7.71. The fourth-order valence-corrected chi connectivity index (χ4v) is 3.05. The van der Waals surface area contributed by atoms with Crippen molar-refractivity contribution in [1.82, 2.24) is 4.90 Å². The van der Waals surface area contributed by atoms with Gasteiger partial charge < -0.3 is 9.80 Å². The quantitative estimate of drug-likeness (QED) is 0.455. The number of amides is 2. The first-order valence-electron chi connectivity index (χ1n) is 7.71. The molecule has 2 aliphatic heterocycles. The highest BCUT2D eigenvalue weighted by molar-refractivity contribution is 6.01. The Morgan fingerprint density at radius 1 is 1.04 bits per heavy atom. The van der Waals surface area contributed by atoms with Crippen molar-refractivity contribution in [2.45, 2.75) is 12.8 Å². The van der Waals surface area contributed by atoms with Crippen LogP contribution in [0.2, 0.25) is 0 Å². The van der Waals surface area contributed by atoms with Crippen LogP contribution >= 0.6 is 0 Å². The van der Waals surface area contributed by atoms with Gasteiger partial charge in [-0.2, -0.15) is 0 Å². The first kappa shape index (κ1) is 15.4. The summed E-state index contributed by atoms with van der Waals surface area (Å²) in [7, 11) is 0. The van der Waals surface area contributed by atoms with E-state index in [0.29, 0.717) is 19.5 Å². The molecule has 1 aromatic carbocycles. The van der Waals surface area contributed by atoms with Gasteiger partial charge in [-0.05, 0) is 12.1 Å². The molecule has 122 valence electrons. The number of imide groups is 1. The van der Waals surface area contributed by atoms with E-state index in [1.807, 2.05) is 0 Å². The average molecular weight is 319 g/mol. The number of anilines is 1. The van der Waals surface area contributed by atoms with Crippen LogP contribution in [0.15, 0.2) is 24.3 Å². The Morgan fingerprint density at radius 3 is 2.13 bits per heavy atom. The van der Waals surface area contributed by atoms with E-state index in [9.17, 15) is 19.7 Å². The number of benzene rings is 1. The molecule has 8 nitrogen and oxygen atoms in total. The molecule has 2 saturated heterocycles. The summed E-state index contributed by atoms with van der Waals surface area (Å²) in [5, 5.41) is 10.7. The molecule has 0 atom stereocenters. The Balaban J connectivity index is 1.55. The van der Waals surface area contributed by atoms with Crippen molar-refractivity contribution in [2.24, 2.45) is 0 Å². The van der Waals surface area contributed by atoms with Crippen LogP contribution in [0.3, 0.4) is 0 Å². The lowest BCUT2D eigenvalue weighted by Gasteiger charge is -2.34. The van der Waals surface area contributed by atoms with Crippen molar-refractivity contribution >= 4 is 23.2 Å². The molecule has 2 aliphatic rings. The van der Waals surface area contributed by atoms with Gasteiger partial charge in [0.25, 0.3) is 5.69 Å². The second-order valence-corrected chi connectivity index (χ2v) is 5.88. The topological polar surface area (TPSA) is 88.2 Å². The summed E-state index contributed by atoms with van der Waals surface area (Å²) in [6, 6.07) is 6.54. The molecule has 0 aliphatic carbocycles. The lowest BCUT2D eigenvalue weighted by Crippen LogP contribution is -3.16. The van der Waals surface area contributed by atoms with Crippen LogP contribution in [0.1, 0.15) is 12.8 Å². The van der Waals surface area contributed by atoms with Gasteiger partial charge in [0.1, 0.15) is 0 Å². The highest BCUT2D eigenvalue weighted by Crippen LogP contribution is 2.19. The minimum atomic E-state index is -0.407. The van der Waals surface area contributed by atoms with Gasteiger partial charge in [-0.1, -0.05) is 0 Å². The molecule has 3 rings (SSSR count). The molecule has 1 aromatic rings. The smallest absolute Gasteiger partial charge is 0.269 e. The van der Waals surface area contributed by atoms with E-state index in [2.05, 4.69) is 4.90 Å². The summed E-state index contributed by atoms with van der Waals surface area (Å²) in [4.78, 5) is 38.3. The Kier molecular flexibility index (Phi) is 4.24. The van der Waals surface area contributed by atoms with Crippen LogP contribution in [-0.4, -0.2) is 54.5 Å². The SMILES string of the molecule is O=C1CCC(=O)N1C[NH+]1CCN(c2ccc([N+](=O)[O-])cc2)CC1. The molecule has 0 saturated carbocycles. The molecule has 0 spiro atoms. The molecule has 23 heavy (non-hydrogen) atoms. The standard InChI is InChI=1S/C15H18N4O4/c20-14-5-6-15(21)18(14)11-16-7-9-17(10-8-16)12-1-3-13(4-2-12)19(22)23/h1-4H,5-11H2/p+1. The minimum Gasteiger partial charge on any atom is -0.360 e. The molecule has 2 heterocycles. The number of carbonyl (C=O) groups is 2. The molecule has 2 fully saturated rings. The number of nitro benzene ring substituents is 1. The zero-order valence-electron chi connectivity index (χ0n) is 12.7. The van der Waals surface area contributed by atoms with E-state index in [-0.39, 0.29) is 17.5 Å². The third-order valence-corrected chi connectivity index (χ3v) is 4.43. The summed E-state index contributed by atoms with van der Waals surface area (Å²) >= 11 is 0. The first-order chi connectivity index (χ1) is 11.0. The maximum Gasteiger partial charge on any atom is 0.269 e. The maximum absolute atomic E-state index is 11.7. The third-order valence-electron chi connectivity index (χ3n) is 4.43. The fourth-order valence-electron chi connectivity index (χ4n) is 3.05. The Hall–Kier alpha value is -2.48. The number of likely N-dealkylation sites (tertiary alicyclic amines) is 1. The van der Waals surface area contributed by atoms with Gasteiger partial charge in [-0.15, -0.1) is 0 Å². The van der Waals surface area contributed by atoms with Crippen LogP contribution in [0, 0.1) is 10.1 Å². The number of hydrogen-bond donors (Lipinski definition) is 1. The molecule has 1 N–H and O–H groups in total. The summed E-state index contributed by atoms with van der Waals surface area (Å²) in [5.41, 5.74) is 1.05. The van der Waals surface area contributed by atoms with Crippen molar-refractivity contribution in [1.29, 1.82) is 0 Å². The second-order valence-electron chi connectivity index (χ2n) is 5.88. The molecule has 2 amide bonds. The summed E-state index contributed by atoms with van der Waals surface area (Å²) in [6.45, 7) is 3.70. The van der Waals surface area contributed by atoms with Crippen LogP contribution < -0.4 is 9.80 Å². The van der Waals surface area contributed by atoms with Gasteiger partial charge in [0.2, 0.25) is 11.8 Å². The summed E-state index contributed by atoms with van der Waals surface area (Å²) < 4.78 is 0. The molecule has 8 heteroatoms. The highest BCUT2D eigenvalue weighted by Gasteiger charge is 2.33. The molecular weight excluding hydrogens is 300 g/mol. The van der Waals surface area contributed by atoms with E-state index in [0.717, 1.165) is 31.9 Å². The number of carbonyl (C=O) groups excluding carboxylic acids is 2. The Bertz CT molecular complexity index is 607. The number of nitrogens with zero attached hydrogens (tertiary/aromatic N) is 3. The van der Waals surface area contributed by atoms with Gasteiger partial charge in [0.15, 0.2) is 6.67 Å². The zero-order chi connectivity index (χ0) is 16.4. The number of non-ortho nitro benzene ring substituents is 1. The van der Waals surface area contributed by atoms with E-state index in [4.69, 9.17) is 0 Å². The highest BCUT2D eigenvalue weighted by atomic mass is 16.6. The van der Waals surface area contributed by atoms with Crippen molar-refractivity contribution in [2.75, 3.05) is 37.7 Å². The number of nitro groups is 1. The lowest BCUT2D eigenvalue weighted by molar-refractivity contribution is -0.907. The van der Waals surface area contributed by atoms with Gasteiger partial charge in [-0.3, -0.25) is 19.7 Å². The predicted molar refractivity (Wildman–Crippen MR) is 82.0 cm³/mol. The van der Waals surface area contributed by atoms with Gasteiger partial charge in [-0.25, -0.2) is 4.90 Å². The minimum absolute atomic E-state index is 0.0692. The second kappa shape index (κ2) is 6.33.